The van der Waals surface area contributed by atoms with E-state index in [9.17, 15) is 0 Å². The lowest BCUT2D eigenvalue weighted by atomic mass is 10.0. The molecule has 2 nitrogen and oxygen atoms in total. The van der Waals surface area contributed by atoms with Crippen LogP contribution in [-0.2, 0) is 10.5 Å². The molecule has 4 heteroatoms. The Hall–Kier alpha value is -1.68. The summed E-state index contributed by atoms with van der Waals surface area (Å²) in [5, 5.41) is 8.96. The summed E-state index contributed by atoms with van der Waals surface area (Å²) >= 11 is 0. The summed E-state index contributed by atoms with van der Waals surface area (Å²) in [4.78, 5) is 0. The van der Waals surface area contributed by atoms with Crippen molar-refractivity contribution in [1.29, 1.82) is 5.26 Å². The molecule has 0 aliphatic rings. The fourth-order valence-corrected chi connectivity index (χ4v) is 15.7. The van der Waals surface area contributed by atoms with Crippen molar-refractivity contribution in [3.05, 3.63) is 59.7 Å². The maximum atomic E-state index is 8.96. The van der Waals surface area contributed by atoms with Gasteiger partial charge in [-0.1, -0.05) is 96.7 Å². The molecule has 0 saturated carbocycles. The number of hydrogen-bond donors (Lipinski definition) is 0. The number of rotatable bonds is 16. The van der Waals surface area contributed by atoms with Gasteiger partial charge >= 0.3 is 0 Å². The van der Waals surface area contributed by atoms with Crippen molar-refractivity contribution in [3.63, 3.8) is 0 Å². The van der Waals surface area contributed by atoms with Gasteiger partial charge in [-0.15, -0.1) is 0 Å². The van der Waals surface area contributed by atoms with Crippen LogP contribution in [0.4, 0.5) is 0 Å². The molecule has 0 aliphatic carbocycles. The highest BCUT2D eigenvalue weighted by atomic mass is 28.4. The highest BCUT2D eigenvalue weighted by Crippen LogP contribution is 2.33. The van der Waals surface area contributed by atoms with Crippen molar-refractivity contribution in [2.75, 3.05) is 0 Å². The number of benzene rings is 2. The van der Waals surface area contributed by atoms with E-state index in [2.05, 4.69) is 65.0 Å². The fraction of sp³-hybridized carbons (Fsp3) is 0.567. The average molecular weight is 494 g/mol. The van der Waals surface area contributed by atoms with Crippen LogP contribution >= 0.6 is 0 Å². The summed E-state index contributed by atoms with van der Waals surface area (Å²) in [6.07, 6.45) is 7.82. The number of hydrogen-bond acceptors (Lipinski definition) is 2. The van der Waals surface area contributed by atoms with E-state index >= 15 is 0 Å². The number of unbranched alkanes of at least 4 members (excludes halogenated alkanes) is 4. The van der Waals surface area contributed by atoms with Gasteiger partial charge in [-0.3, -0.25) is 0 Å². The molecule has 0 unspecified atom stereocenters. The van der Waals surface area contributed by atoms with E-state index in [0.29, 0.717) is 5.56 Å². The maximum Gasteiger partial charge on any atom is 0.179 e. The van der Waals surface area contributed by atoms with Crippen LogP contribution in [0.25, 0.3) is 11.1 Å². The minimum Gasteiger partial charge on any atom is -0.455 e. The van der Waals surface area contributed by atoms with Gasteiger partial charge in [0.15, 0.2) is 16.6 Å². The predicted molar refractivity (Wildman–Crippen MR) is 153 cm³/mol. The first kappa shape index (κ1) is 28.6. The van der Waals surface area contributed by atoms with Crippen molar-refractivity contribution < 1.29 is 4.12 Å². The lowest BCUT2D eigenvalue weighted by molar-refractivity contribution is 0.499. The monoisotopic (exact) mass is 493 g/mol. The highest BCUT2D eigenvalue weighted by molar-refractivity contribution is 6.87. The molecule has 0 radical (unpaired) electrons. The first-order chi connectivity index (χ1) is 16.5. The Labute approximate surface area is 212 Å². The molecule has 0 amide bonds. The summed E-state index contributed by atoms with van der Waals surface area (Å²) in [5.74, 6) is 0. The summed E-state index contributed by atoms with van der Waals surface area (Å²) in [6, 6.07) is 26.8. The number of nitrogens with zero attached hydrogens (tertiary/aromatic N) is 1. The Morgan fingerprint density at radius 1 is 0.618 bits per heavy atom. The van der Waals surface area contributed by atoms with Gasteiger partial charge in [0, 0.05) is 0 Å². The smallest absolute Gasteiger partial charge is 0.179 e. The molecule has 186 valence electrons. The Balaban J connectivity index is 1.72. The Morgan fingerprint density at radius 3 is 1.59 bits per heavy atom. The van der Waals surface area contributed by atoms with Crippen molar-refractivity contribution in [2.24, 2.45) is 0 Å². The largest absolute Gasteiger partial charge is 0.455 e. The van der Waals surface area contributed by atoms with Crippen LogP contribution in [0.3, 0.4) is 0 Å². The zero-order chi connectivity index (χ0) is 24.9. The zero-order valence-electron chi connectivity index (χ0n) is 22.5. The molecular weight excluding hydrogens is 447 g/mol. The molecule has 0 fully saturated rings. The molecule has 0 aliphatic heterocycles. The van der Waals surface area contributed by atoms with Gasteiger partial charge in [-0.05, 0) is 77.9 Å². The Bertz CT molecular complexity index is 854. The first-order valence-electron chi connectivity index (χ1n) is 13.8. The minimum absolute atomic E-state index is 0.711. The third kappa shape index (κ3) is 8.22. The van der Waals surface area contributed by atoms with E-state index in [4.69, 9.17) is 9.38 Å². The lowest BCUT2D eigenvalue weighted by Gasteiger charge is -2.41. The molecule has 2 rings (SSSR count). The molecule has 0 bridgehead atoms. The maximum absolute atomic E-state index is 8.96. The van der Waals surface area contributed by atoms with E-state index in [0.717, 1.165) is 6.42 Å². The molecule has 0 atom stereocenters. The van der Waals surface area contributed by atoms with E-state index in [1.807, 2.05) is 24.3 Å². The van der Waals surface area contributed by atoms with Crippen LogP contribution in [0.5, 0.6) is 0 Å². The van der Waals surface area contributed by atoms with Gasteiger partial charge < -0.3 is 4.12 Å². The van der Waals surface area contributed by atoms with E-state index in [-0.39, 0.29) is 0 Å². The van der Waals surface area contributed by atoms with Crippen LogP contribution in [0.15, 0.2) is 48.5 Å². The normalized spacial score (nSPS) is 12.0. The van der Waals surface area contributed by atoms with E-state index < -0.39 is 16.6 Å². The van der Waals surface area contributed by atoms with Crippen LogP contribution in [0.1, 0.15) is 77.8 Å². The highest BCUT2D eigenvalue weighted by Gasteiger charge is 2.40. The lowest BCUT2D eigenvalue weighted by Crippen LogP contribution is -2.50. The van der Waals surface area contributed by atoms with Gasteiger partial charge in [-0.25, -0.2) is 0 Å². The molecular formula is C30H47NOSi2. The van der Waals surface area contributed by atoms with Gasteiger partial charge in [-0.2, -0.15) is 5.26 Å². The Kier molecular flexibility index (Phi) is 12.3. The second-order valence-electron chi connectivity index (χ2n) is 9.89. The molecule has 34 heavy (non-hydrogen) atoms. The summed E-state index contributed by atoms with van der Waals surface area (Å²) in [7, 11) is -3.05. The minimum atomic E-state index is -1.56. The molecule has 0 saturated heterocycles. The topological polar surface area (TPSA) is 33.0 Å². The molecule has 0 spiro atoms. The summed E-state index contributed by atoms with van der Waals surface area (Å²) in [6.45, 7) is 11.9. The van der Waals surface area contributed by atoms with E-state index in [1.165, 1.54) is 85.1 Å². The quantitative estimate of drug-likeness (QED) is 0.172. The van der Waals surface area contributed by atoms with Crippen LogP contribution < -0.4 is 0 Å². The van der Waals surface area contributed by atoms with Gasteiger partial charge in [0.2, 0.25) is 0 Å². The molecule has 2 aromatic rings. The average Bonchev–Trinajstić information content (AvgIpc) is 2.91. The standard InChI is InChI=1S/C30H47NOSi2/c1-6-33(7-2,8-3)32-34(9-4,10-5)25-15-13-11-12-14-16-27-17-21-29(22-18-27)30-23-19-28(26-31)20-24-30/h17-24H,6-16,25H2,1-5H3. The van der Waals surface area contributed by atoms with Crippen molar-refractivity contribution in [2.45, 2.75) is 109 Å². The van der Waals surface area contributed by atoms with Gasteiger partial charge in [0.25, 0.3) is 0 Å². The van der Waals surface area contributed by atoms with Gasteiger partial charge in [0.05, 0.1) is 11.6 Å². The second kappa shape index (κ2) is 14.7. The predicted octanol–water partition coefficient (Wildman–Crippen LogP) is 9.73. The van der Waals surface area contributed by atoms with Crippen LogP contribution in [0, 0.1) is 11.3 Å². The fourth-order valence-electron chi connectivity index (χ4n) is 5.13. The van der Waals surface area contributed by atoms with Crippen molar-refractivity contribution >= 4 is 16.6 Å². The first-order valence-corrected chi connectivity index (χ1v) is 18.8. The van der Waals surface area contributed by atoms with E-state index in [1.54, 1.807) is 0 Å². The molecule has 0 aromatic heterocycles. The van der Waals surface area contributed by atoms with Crippen LogP contribution in [-0.4, -0.2) is 16.6 Å². The van der Waals surface area contributed by atoms with Gasteiger partial charge in [0.1, 0.15) is 0 Å². The molecule has 0 heterocycles. The second-order valence-corrected chi connectivity index (χ2v) is 19.5. The third-order valence-electron chi connectivity index (χ3n) is 8.05. The Morgan fingerprint density at radius 2 is 1.09 bits per heavy atom. The van der Waals surface area contributed by atoms with Crippen molar-refractivity contribution in [3.8, 4) is 17.2 Å². The summed E-state index contributed by atoms with van der Waals surface area (Å²) < 4.78 is 7.17. The number of aryl methyl sites for hydroxylation is 1. The number of nitriles is 1. The van der Waals surface area contributed by atoms with Crippen LogP contribution in [0.2, 0.25) is 36.3 Å². The van der Waals surface area contributed by atoms with Crippen molar-refractivity contribution in [1.82, 2.24) is 0 Å². The molecule has 0 N–H and O–H groups in total. The zero-order valence-corrected chi connectivity index (χ0v) is 24.5. The third-order valence-corrected chi connectivity index (χ3v) is 19.2. The molecule has 2 aromatic carbocycles. The summed E-state index contributed by atoms with van der Waals surface area (Å²) in [5.41, 5.74) is 4.53. The SMILES string of the molecule is CC[Si](CC)(CC)O[Si](CC)(CC)CCCCCCCc1ccc(-c2ccc(C#N)cc2)cc1.